The van der Waals surface area contributed by atoms with E-state index >= 15 is 0 Å². The third kappa shape index (κ3) is 2.33. The van der Waals surface area contributed by atoms with Crippen LogP contribution in [-0.2, 0) is 4.79 Å². The van der Waals surface area contributed by atoms with Gasteiger partial charge >= 0.3 is 5.97 Å². The fraction of sp³-hybridized carbons (Fsp3) is 0.300. The van der Waals surface area contributed by atoms with Gasteiger partial charge in [0.15, 0.2) is 0 Å². The number of benzene rings is 1. The molecular weight excluding hydrogens is 281 g/mol. The second kappa shape index (κ2) is 5.27. The smallest absolute Gasteiger partial charge is 0.312 e. The standard InChI is InChI=1S/C10H11BrFNO3/c1-16-9-6(11)2-3-7(12)8(9)5(4-13)10(14)15/h2-3,5H,4,13H2,1H3,(H,14,15). The first kappa shape index (κ1) is 12.9. The van der Waals surface area contributed by atoms with E-state index in [4.69, 9.17) is 15.6 Å². The van der Waals surface area contributed by atoms with E-state index in [1.54, 1.807) is 0 Å². The van der Waals surface area contributed by atoms with E-state index in [0.29, 0.717) is 4.47 Å². The molecule has 0 spiro atoms. The third-order valence-electron chi connectivity index (χ3n) is 2.18. The molecule has 0 heterocycles. The van der Waals surface area contributed by atoms with Crippen molar-refractivity contribution in [3.63, 3.8) is 0 Å². The Morgan fingerprint density at radius 3 is 2.75 bits per heavy atom. The van der Waals surface area contributed by atoms with E-state index in [2.05, 4.69) is 15.9 Å². The van der Waals surface area contributed by atoms with Gasteiger partial charge in [-0.3, -0.25) is 4.79 Å². The highest BCUT2D eigenvalue weighted by Gasteiger charge is 2.26. The summed E-state index contributed by atoms with van der Waals surface area (Å²) in [6.07, 6.45) is 0. The van der Waals surface area contributed by atoms with Crippen LogP contribution in [-0.4, -0.2) is 24.7 Å². The van der Waals surface area contributed by atoms with Crippen LogP contribution in [0.1, 0.15) is 11.5 Å². The number of carbonyl (C=O) groups is 1. The molecule has 0 aliphatic carbocycles. The lowest BCUT2D eigenvalue weighted by atomic mass is 9.98. The Kier molecular flexibility index (Phi) is 4.26. The van der Waals surface area contributed by atoms with Crippen molar-refractivity contribution in [2.45, 2.75) is 5.92 Å². The molecule has 0 amide bonds. The first-order valence-electron chi connectivity index (χ1n) is 4.47. The second-order valence-electron chi connectivity index (χ2n) is 3.10. The van der Waals surface area contributed by atoms with E-state index in [1.807, 2.05) is 0 Å². The summed E-state index contributed by atoms with van der Waals surface area (Å²) in [5, 5.41) is 8.94. The average molecular weight is 292 g/mol. The van der Waals surface area contributed by atoms with Gasteiger partial charge in [0.25, 0.3) is 0 Å². The number of hydrogen-bond donors (Lipinski definition) is 2. The molecule has 0 radical (unpaired) electrons. The van der Waals surface area contributed by atoms with Gasteiger partial charge in [-0.25, -0.2) is 4.39 Å². The molecule has 1 unspecified atom stereocenters. The molecule has 1 rings (SSSR count). The number of ether oxygens (including phenoxy) is 1. The summed E-state index contributed by atoms with van der Waals surface area (Å²) in [6, 6.07) is 2.63. The molecular formula is C10H11BrFNO3. The van der Waals surface area contributed by atoms with Gasteiger partial charge in [-0.2, -0.15) is 0 Å². The molecule has 1 aromatic rings. The van der Waals surface area contributed by atoms with Crippen LogP contribution < -0.4 is 10.5 Å². The zero-order valence-corrected chi connectivity index (χ0v) is 10.1. The fourth-order valence-corrected chi connectivity index (χ4v) is 1.93. The predicted molar refractivity (Wildman–Crippen MR) is 60.1 cm³/mol. The molecule has 16 heavy (non-hydrogen) atoms. The zero-order valence-electron chi connectivity index (χ0n) is 8.54. The first-order chi connectivity index (χ1) is 7.52. The molecule has 0 saturated heterocycles. The van der Waals surface area contributed by atoms with Crippen molar-refractivity contribution in [2.75, 3.05) is 13.7 Å². The molecule has 6 heteroatoms. The Labute approximate surface area is 100 Å². The lowest BCUT2D eigenvalue weighted by molar-refractivity contribution is -0.138. The number of methoxy groups -OCH3 is 1. The second-order valence-corrected chi connectivity index (χ2v) is 3.96. The molecule has 0 aliphatic rings. The summed E-state index contributed by atoms with van der Waals surface area (Å²) in [4.78, 5) is 10.9. The largest absolute Gasteiger partial charge is 0.495 e. The monoisotopic (exact) mass is 291 g/mol. The molecule has 0 aromatic heterocycles. The Balaban J connectivity index is 3.39. The minimum absolute atomic E-state index is 0.0353. The van der Waals surface area contributed by atoms with Crippen molar-refractivity contribution in [2.24, 2.45) is 5.73 Å². The summed E-state index contributed by atoms with van der Waals surface area (Å²) >= 11 is 3.16. The van der Waals surface area contributed by atoms with Crippen LogP contribution in [0.2, 0.25) is 0 Å². The maximum Gasteiger partial charge on any atom is 0.312 e. The van der Waals surface area contributed by atoms with Crippen LogP contribution >= 0.6 is 15.9 Å². The number of carboxylic acids is 1. The van der Waals surface area contributed by atoms with E-state index < -0.39 is 17.7 Å². The Bertz CT molecular complexity index is 411. The average Bonchev–Trinajstić information content (AvgIpc) is 2.24. The molecule has 0 aliphatic heterocycles. The van der Waals surface area contributed by atoms with Gasteiger partial charge in [0, 0.05) is 12.1 Å². The van der Waals surface area contributed by atoms with Gasteiger partial charge in [-0.1, -0.05) is 0 Å². The van der Waals surface area contributed by atoms with Gasteiger partial charge < -0.3 is 15.6 Å². The minimum atomic E-state index is -1.18. The van der Waals surface area contributed by atoms with Gasteiger partial charge in [0.2, 0.25) is 0 Å². The third-order valence-corrected chi connectivity index (χ3v) is 2.81. The lowest BCUT2D eigenvalue weighted by Crippen LogP contribution is -2.23. The van der Waals surface area contributed by atoms with E-state index in [1.165, 1.54) is 19.2 Å². The zero-order chi connectivity index (χ0) is 12.3. The molecule has 88 valence electrons. The maximum absolute atomic E-state index is 13.6. The maximum atomic E-state index is 13.6. The van der Waals surface area contributed by atoms with Gasteiger partial charge in [-0.15, -0.1) is 0 Å². The molecule has 3 N–H and O–H groups in total. The van der Waals surface area contributed by atoms with Crippen LogP contribution in [0.4, 0.5) is 4.39 Å². The topological polar surface area (TPSA) is 72.5 Å². The molecule has 0 bridgehead atoms. The van der Waals surface area contributed by atoms with Gasteiger partial charge in [0.1, 0.15) is 17.5 Å². The summed E-state index contributed by atoms with van der Waals surface area (Å²) < 4.78 is 19.1. The Morgan fingerprint density at radius 1 is 1.69 bits per heavy atom. The predicted octanol–water partition coefficient (Wildman–Crippen LogP) is 1.72. The quantitative estimate of drug-likeness (QED) is 0.886. The normalized spacial score (nSPS) is 12.2. The summed E-state index contributed by atoms with van der Waals surface area (Å²) in [7, 11) is 1.35. The molecule has 4 nitrogen and oxygen atoms in total. The first-order valence-corrected chi connectivity index (χ1v) is 5.27. The highest BCUT2D eigenvalue weighted by atomic mass is 79.9. The van der Waals surface area contributed by atoms with E-state index in [-0.39, 0.29) is 17.9 Å². The Morgan fingerprint density at radius 2 is 2.31 bits per heavy atom. The fourth-order valence-electron chi connectivity index (χ4n) is 1.42. The van der Waals surface area contributed by atoms with Gasteiger partial charge in [0.05, 0.1) is 11.6 Å². The van der Waals surface area contributed by atoms with E-state index in [0.717, 1.165) is 0 Å². The molecule has 0 fully saturated rings. The van der Waals surface area contributed by atoms with Crippen molar-refractivity contribution in [1.82, 2.24) is 0 Å². The van der Waals surface area contributed by atoms with Crippen molar-refractivity contribution in [1.29, 1.82) is 0 Å². The van der Waals surface area contributed by atoms with Crippen molar-refractivity contribution >= 4 is 21.9 Å². The van der Waals surface area contributed by atoms with Crippen LogP contribution in [0.25, 0.3) is 0 Å². The highest BCUT2D eigenvalue weighted by molar-refractivity contribution is 9.10. The van der Waals surface area contributed by atoms with Crippen LogP contribution in [0.5, 0.6) is 5.75 Å². The highest BCUT2D eigenvalue weighted by Crippen LogP contribution is 2.35. The van der Waals surface area contributed by atoms with Crippen molar-refractivity contribution < 1.29 is 19.0 Å². The number of aliphatic carboxylic acids is 1. The van der Waals surface area contributed by atoms with Crippen molar-refractivity contribution in [3.8, 4) is 5.75 Å². The number of hydrogen-bond acceptors (Lipinski definition) is 3. The number of halogens is 2. The van der Waals surface area contributed by atoms with Crippen LogP contribution in [0, 0.1) is 5.82 Å². The molecule has 1 atom stereocenters. The van der Waals surface area contributed by atoms with Gasteiger partial charge in [-0.05, 0) is 28.1 Å². The number of carboxylic acid groups (broad SMARTS) is 1. The number of rotatable bonds is 4. The number of nitrogens with two attached hydrogens (primary N) is 1. The lowest BCUT2D eigenvalue weighted by Gasteiger charge is -2.16. The summed E-state index contributed by atoms with van der Waals surface area (Å²) in [6.45, 7) is -0.195. The SMILES string of the molecule is COc1c(Br)ccc(F)c1C(CN)C(=O)O. The van der Waals surface area contributed by atoms with E-state index in [9.17, 15) is 9.18 Å². The van der Waals surface area contributed by atoms with Crippen molar-refractivity contribution in [3.05, 3.63) is 28.0 Å². The Hall–Kier alpha value is -1.14. The summed E-state index contributed by atoms with van der Waals surface area (Å²) in [5.41, 5.74) is 5.29. The molecule has 0 saturated carbocycles. The summed E-state index contributed by atoms with van der Waals surface area (Å²) in [5.74, 6) is -2.78. The van der Waals surface area contributed by atoms with Crippen LogP contribution in [0.3, 0.4) is 0 Å². The molecule has 1 aromatic carbocycles. The minimum Gasteiger partial charge on any atom is -0.495 e. The van der Waals surface area contributed by atoms with Crippen LogP contribution in [0.15, 0.2) is 16.6 Å².